The van der Waals surface area contributed by atoms with E-state index in [0.717, 1.165) is 62.8 Å². The summed E-state index contributed by atoms with van der Waals surface area (Å²) in [6.07, 6.45) is 3.52. The van der Waals surface area contributed by atoms with Gasteiger partial charge in [0.05, 0.1) is 13.7 Å². The summed E-state index contributed by atoms with van der Waals surface area (Å²) in [5.74, 6) is 2.60. The van der Waals surface area contributed by atoms with Crippen LogP contribution in [0.1, 0.15) is 31.7 Å². The molecule has 1 aromatic rings. The van der Waals surface area contributed by atoms with Gasteiger partial charge in [0.2, 0.25) is 0 Å². The number of ether oxygens (including phenoxy) is 3. The average molecular weight is 433 g/mol. The fourth-order valence-corrected chi connectivity index (χ4v) is 4.08. The van der Waals surface area contributed by atoms with Gasteiger partial charge in [0.25, 0.3) is 5.91 Å². The molecule has 0 bridgehead atoms. The van der Waals surface area contributed by atoms with Gasteiger partial charge in [0, 0.05) is 46.4 Å². The number of aryl methyl sites for hydroxylation is 1. The van der Waals surface area contributed by atoms with Crippen molar-refractivity contribution < 1.29 is 19.0 Å². The molecule has 1 N–H and O–H groups in total. The number of amides is 1. The minimum Gasteiger partial charge on any atom is -0.493 e. The van der Waals surface area contributed by atoms with Crippen molar-refractivity contribution in [1.29, 1.82) is 0 Å². The van der Waals surface area contributed by atoms with Crippen LogP contribution in [-0.4, -0.2) is 87.9 Å². The molecular formula is C23H36N4O4. The number of piperazine rings is 1. The second kappa shape index (κ2) is 11.8. The Kier molecular flexibility index (Phi) is 8.82. The molecule has 172 valence electrons. The summed E-state index contributed by atoms with van der Waals surface area (Å²) < 4.78 is 16.6. The molecule has 1 aromatic carbocycles. The number of carbonyl (C=O) groups is 1. The van der Waals surface area contributed by atoms with E-state index in [4.69, 9.17) is 14.2 Å². The molecule has 3 rings (SSSR count). The Morgan fingerprint density at radius 2 is 2.00 bits per heavy atom. The lowest BCUT2D eigenvalue weighted by Gasteiger charge is -2.37. The zero-order valence-electron chi connectivity index (χ0n) is 19.1. The number of carbonyl (C=O) groups excluding carboxylic acids is 1. The minimum atomic E-state index is -0.231. The lowest BCUT2D eigenvalue weighted by Crippen LogP contribution is -2.55. The van der Waals surface area contributed by atoms with E-state index in [9.17, 15) is 4.79 Å². The van der Waals surface area contributed by atoms with Crippen molar-refractivity contribution in [2.75, 3.05) is 60.1 Å². The highest BCUT2D eigenvalue weighted by Crippen LogP contribution is 2.28. The van der Waals surface area contributed by atoms with Crippen LogP contribution >= 0.6 is 0 Å². The van der Waals surface area contributed by atoms with Crippen LogP contribution in [0.4, 0.5) is 0 Å². The van der Waals surface area contributed by atoms with Crippen molar-refractivity contribution in [2.45, 2.75) is 38.7 Å². The van der Waals surface area contributed by atoms with E-state index in [1.807, 2.05) is 24.9 Å². The molecule has 0 aliphatic carbocycles. The Morgan fingerprint density at radius 1 is 1.23 bits per heavy atom. The molecule has 0 saturated carbocycles. The van der Waals surface area contributed by atoms with E-state index in [1.165, 1.54) is 5.56 Å². The number of rotatable bonds is 8. The maximum atomic E-state index is 12.5. The van der Waals surface area contributed by atoms with Gasteiger partial charge >= 0.3 is 0 Å². The van der Waals surface area contributed by atoms with E-state index in [0.29, 0.717) is 26.3 Å². The van der Waals surface area contributed by atoms with Crippen LogP contribution in [0, 0.1) is 0 Å². The van der Waals surface area contributed by atoms with E-state index in [2.05, 4.69) is 27.3 Å². The Hall–Kier alpha value is -2.48. The maximum Gasteiger partial charge on any atom is 0.251 e. The van der Waals surface area contributed by atoms with Gasteiger partial charge in [-0.1, -0.05) is 6.07 Å². The number of nitrogens with zero attached hydrogens (tertiary/aromatic N) is 3. The summed E-state index contributed by atoms with van der Waals surface area (Å²) in [5, 5.41) is 3.46. The van der Waals surface area contributed by atoms with Gasteiger partial charge < -0.3 is 29.3 Å². The predicted molar refractivity (Wildman–Crippen MR) is 121 cm³/mol. The average Bonchev–Trinajstić information content (AvgIpc) is 3.34. The van der Waals surface area contributed by atoms with Crippen molar-refractivity contribution in [2.24, 2.45) is 4.99 Å². The third kappa shape index (κ3) is 6.26. The van der Waals surface area contributed by atoms with Crippen molar-refractivity contribution in [3.8, 4) is 11.5 Å². The molecule has 2 heterocycles. The highest BCUT2D eigenvalue weighted by atomic mass is 16.5. The predicted octanol–water partition coefficient (Wildman–Crippen LogP) is 1.93. The fourth-order valence-electron chi connectivity index (χ4n) is 4.08. The fraction of sp³-hybridized carbons (Fsp3) is 0.652. The molecule has 0 radical (unpaired) electrons. The van der Waals surface area contributed by atoms with Crippen LogP contribution in [-0.2, 0) is 16.0 Å². The van der Waals surface area contributed by atoms with Crippen molar-refractivity contribution in [3.05, 3.63) is 23.8 Å². The van der Waals surface area contributed by atoms with E-state index in [1.54, 1.807) is 7.11 Å². The second-order valence-electron chi connectivity index (χ2n) is 7.81. The first-order chi connectivity index (χ1) is 15.2. The third-order valence-corrected chi connectivity index (χ3v) is 5.76. The SMILES string of the molecule is CCOc1cc(CCCNC(=NC)N2CCN(C(=O)C3CCCO3)CC2)ccc1OC. The van der Waals surface area contributed by atoms with Crippen LogP contribution in [0.15, 0.2) is 23.2 Å². The summed E-state index contributed by atoms with van der Waals surface area (Å²) in [5.41, 5.74) is 1.22. The molecule has 8 heteroatoms. The molecule has 8 nitrogen and oxygen atoms in total. The quantitative estimate of drug-likeness (QED) is 0.384. The Balaban J connectivity index is 1.41. The van der Waals surface area contributed by atoms with Crippen LogP contribution < -0.4 is 14.8 Å². The number of methoxy groups -OCH3 is 1. The molecule has 0 aromatic heterocycles. The number of hydrogen-bond donors (Lipinski definition) is 1. The molecule has 0 spiro atoms. The number of benzene rings is 1. The van der Waals surface area contributed by atoms with Gasteiger partial charge in [-0.2, -0.15) is 0 Å². The van der Waals surface area contributed by atoms with Gasteiger partial charge in [-0.25, -0.2) is 0 Å². The Morgan fingerprint density at radius 3 is 2.65 bits per heavy atom. The summed E-state index contributed by atoms with van der Waals surface area (Å²) in [6, 6.07) is 6.10. The molecule has 1 unspecified atom stereocenters. The van der Waals surface area contributed by atoms with Crippen molar-refractivity contribution in [3.63, 3.8) is 0 Å². The highest BCUT2D eigenvalue weighted by Gasteiger charge is 2.30. The lowest BCUT2D eigenvalue weighted by atomic mass is 10.1. The van der Waals surface area contributed by atoms with E-state index in [-0.39, 0.29) is 12.0 Å². The first kappa shape index (κ1) is 23.2. The number of aliphatic imine (C=N–C) groups is 1. The maximum absolute atomic E-state index is 12.5. The van der Waals surface area contributed by atoms with E-state index >= 15 is 0 Å². The van der Waals surface area contributed by atoms with Gasteiger partial charge in [-0.3, -0.25) is 9.79 Å². The highest BCUT2D eigenvalue weighted by molar-refractivity contribution is 5.82. The molecule has 2 aliphatic rings. The molecule has 31 heavy (non-hydrogen) atoms. The van der Waals surface area contributed by atoms with Crippen LogP contribution in [0.25, 0.3) is 0 Å². The number of guanidine groups is 1. The molecular weight excluding hydrogens is 396 g/mol. The van der Waals surface area contributed by atoms with Gasteiger partial charge in [0.15, 0.2) is 17.5 Å². The van der Waals surface area contributed by atoms with Gasteiger partial charge in [-0.05, 0) is 50.3 Å². The summed E-state index contributed by atoms with van der Waals surface area (Å²) in [4.78, 5) is 21.1. The van der Waals surface area contributed by atoms with Crippen LogP contribution in [0.2, 0.25) is 0 Å². The van der Waals surface area contributed by atoms with Gasteiger partial charge in [0.1, 0.15) is 6.10 Å². The van der Waals surface area contributed by atoms with Crippen molar-refractivity contribution in [1.82, 2.24) is 15.1 Å². The molecule has 1 atom stereocenters. The zero-order chi connectivity index (χ0) is 22.1. The minimum absolute atomic E-state index is 0.144. The standard InChI is InChI=1S/C23H36N4O4/c1-4-30-21-17-18(9-10-19(21)29-3)7-5-11-25-23(24-2)27-14-12-26(13-15-27)22(28)20-8-6-16-31-20/h9-10,17,20H,4-8,11-16H2,1-3H3,(H,24,25). The molecule has 2 fully saturated rings. The monoisotopic (exact) mass is 432 g/mol. The van der Waals surface area contributed by atoms with Gasteiger partial charge in [-0.15, -0.1) is 0 Å². The van der Waals surface area contributed by atoms with Crippen molar-refractivity contribution >= 4 is 11.9 Å². The largest absolute Gasteiger partial charge is 0.493 e. The smallest absolute Gasteiger partial charge is 0.251 e. The molecule has 1 amide bonds. The normalized spacial score (nSPS) is 19.5. The van der Waals surface area contributed by atoms with E-state index < -0.39 is 0 Å². The number of nitrogens with one attached hydrogen (secondary N) is 1. The Labute approximate surface area is 185 Å². The Bertz CT molecular complexity index is 741. The van der Waals surface area contributed by atoms with Crippen LogP contribution in [0.3, 0.4) is 0 Å². The summed E-state index contributed by atoms with van der Waals surface area (Å²) in [7, 11) is 3.47. The second-order valence-corrected chi connectivity index (χ2v) is 7.81. The zero-order valence-corrected chi connectivity index (χ0v) is 19.1. The lowest BCUT2D eigenvalue weighted by molar-refractivity contribution is -0.142. The summed E-state index contributed by atoms with van der Waals surface area (Å²) >= 11 is 0. The summed E-state index contributed by atoms with van der Waals surface area (Å²) in [6.45, 7) is 7.12. The molecule has 2 aliphatic heterocycles. The number of hydrogen-bond acceptors (Lipinski definition) is 5. The first-order valence-corrected chi connectivity index (χ1v) is 11.3. The topological polar surface area (TPSA) is 75.6 Å². The first-order valence-electron chi connectivity index (χ1n) is 11.3. The van der Waals surface area contributed by atoms with Crippen LogP contribution in [0.5, 0.6) is 11.5 Å². The molecule has 2 saturated heterocycles. The third-order valence-electron chi connectivity index (χ3n) is 5.76.